The quantitative estimate of drug-likeness (QED) is 0.577. The second-order valence-corrected chi connectivity index (χ2v) is 5.69. The molecule has 2 atom stereocenters. The van der Waals surface area contributed by atoms with Gasteiger partial charge in [-0.3, -0.25) is 0 Å². The molecule has 1 fully saturated rings. The molecule has 1 aromatic rings. The molecule has 3 rings (SSSR count). The van der Waals surface area contributed by atoms with Crippen LogP contribution >= 0.6 is 11.6 Å². The predicted octanol–water partition coefficient (Wildman–Crippen LogP) is 2.07. The molecule has 7 heteroatoms. The van der Waals surface area contributed by atoms with Gasteiger partial charge in [0.15, 0.2) is 0 Å². The number of halogens is 1. The van der Waals surface area contributed by atoms with Crippen molar-refractivity contribution in [2.45, 2.75) is 6.42 Å². The maximum atomic E-state index is 9.55. The van der Waals surface area contributed by atoms with Crippen molar-refractivity contribution in [2.75, 3.05) is 13.1 Å². The van der Waals surface area contributed by atoms with Gasteiger partial charge in [0.1, 0.15) is 5.15 Å². The number of carbonyl (C=O) groups is 2. The zero-order chi connectivity index (χ0) is 16.8. The molecule has 0 aromatic carbocycles. The third-order valence-electron chi connectivity index (χ3n) is 3.81. The van der Waals surface area contributed by atoms with Gasteiger partial charge in [-0.05, 0) is 36.1 Å². The lowest BCUT2D eigenvalue weighted by molar-refractivity contribution is -0.134. The van der Waals surface area contributed by atoms with Crippen molar-refractivity contribution in [2.24, 2.45) is 11.8 Å². The molecule has 0 saturated carbocycles. The zero-order valence-corrected chi connectivity index (χ0v) is 13.0. The Bertz CT molecular complexity index is 624. The van der Waals surface area contributed by atoms with Gasteiger partial charge in [0, 0.05) is 30.8 Å². The largest absolute Gasteiger partial charge is 0.478 e. The molecule has 1 aromatic heterocycles. The summed E-state index contributed by atoms with van der Waals surface area (Å²) in [5.74, 6) is -1.02. The first-order chi connectivity index (χ1) is 11.0. The smallest absolute Gasteiger partial charge is 0.328 e. The summed E-state index contributed by atoms with van der Waals surface area (Å²) in [6.07, 6.45) is 6.57. The summed E-state index contributed by atoms with van der Waals surface area (Å²) in [5.41, 5.74) is 2.68. The number of carboxylic acids is 2. The van der Waals surface area contributed by atoms with Gasteiger partial charge in [-0.25, -0.2) is 14.6 Å². The van der Waals surface area contributed by atoms with Gasteiger partial charge in [0.25, 0.3) is 0 Å². The number of aliphatic carboxylic acids is 2. The summed E-state index contributed by atoms with van der Waals surface area (Å²) >= 11 is 5.79. The third-order valence-corrected chi connectivity index (χ3v) is 4.03. The maximum Gasteiger partial charge on any atom is 0.328 e. The highest BCUT2D eigenvalue weighted by Crippen LogP contribution is 2.39. The van der Waals surface area contributed by atoms with Crippen LogP contribution in [-0.2, 0) is 9.59 Å². The molecule has 0 amide bonds. The monoisotopic (exact) mass is 336 g/mol. The van der Waals surface area contributed by atoms with Gasteiger partial charge < -0.3 is 15.5 Å². The fraction of sp³-hybridized carbons (Fsp3) is 0.312. The van der Waals surface area contributed by atoms with E-state index in [1.54, 1.807) is 0 Å². The summed E-state index contributed by atoms with van der Waals surface area (Å²) in [4.78, 5) is 23.2. The molecule has 1 saturated heterocycles. The van der Waals surface area contributed by atoms with E-state index in [0.29, 0.717) is 23.2 Å². The van der Waals surface area contributed by atoms with Crippen LogP contribution in [0.25, 0.3) is 5.57 Å². The van der Waals surface area contributed by atoms with Crippen molar-refractivity contribution < 1.29 is 19.8 Å². The van der Waals surface area contributed by atoms with Crippen LogP contribution in [0.2, 0.25) is 5.15 Å². The standard InChI is InChI=1S/C12H13ClN2.C4H4O4/c13-12-4-2-9(6-15-12)10-3-1-8-5-14-7-11(8)10;5-3(6)1-2-4(7)8/h2-4,6,8,11,14H,1,5,7H2;1-2H,(H,5,6)(H,7,8)/b;2-1+/t8-,11+;/m0./s1. The van der Waals surface area contributed by atoms with Crippen LogP contribution < -0.4 is 5.32 Å². The van der Waals surface area contributed by atoms with Crippen LogP contribution in [0.4, 0.5) is 0 Å². The van der Waals surface area contributed by atoms with E-state index in [0.717, 1.165) is 19.0 Å². The van der Waals surface area contributed by atoms with E-state index < -0.39 is 11.9 Å². The van der Waals surface area contributed by atoms with Crippen molar-refractivity contribution in [3.63, 3.8) is 0 Å². The Hall–Kier alpha value is -2.18. The Balaban J connectivity index is 0.000000207. The van der Waals surface area contributed by atoms with Gasteiger partial charge in [0.2, 0.25) is 0 Å². The second-order valence-electron chi connectivity index (χ2n) is 5.30. The number of fused-ring (bicyclic) bond motifs is 1. The van der Waals surface area contributed by atoms with E-state index in [9.17, 15) is 9.59 Å². The minimum atomic E-state index is -1.26. The van der Waals surface area contributed by atoms with Crippen LogP contribution in [0.3, 0.4) is 0 Å². The van der Waals surface area contributed by atoms with Crippen LogP contribution in [-0.4, -0.2) is 40.2 Å². The Morgan fingerprint density at radius 1 is 1.22 bits per heavy atom. The number of rotatable bonds is 3. The van der Waals surface area contributed by atoms with Gasteiger partial charge >= 0.3 is 11.9 Å². The van der Waals surface area contributed by atoms with E-state index in [1.165, 1.54) is 17.6 Å². The Kier molecular flexibility index (Phi) is 5.90. The first-order valence-electron chi connectivity index (χ1n) is 7.14. The summed E-state index contributed by atoms with van der Waals surface area (Å²) in [7, 11) is 0. The Morgan fingerprint density at radius 3 is 2.48 bits per heavy atom. The second kappa shape index (κ2) is 7.89. The molecule has 0 bridgehead atoms. The molecule has 1 aliphatic heterocycles. The number of nitrogens with one attached hydrogen (secondary N) is 1. The van der Waals surface area contributed by atoms with Crippen LogP contribution in [0, 0.1) is 11.8 Å². The van der Waals surface area contributed by atoms with Crippen molar-refractivity contribution in [3.05, 3.63) is 47.3 Å². The van der Waals surface area contributed by atoms with E-state index in [4.69, 9.17) is 21.8 Å². The molecule has 1 aliphatic carbocycles. The number of hydrogen-bond acceptors (Lipinski definition) is 4. The minimum Gasteiger partial charge on any atom is -0.478 e. The van der Waals surface area contributed by atoms with Crippen LogP contribution in [0.5, 0.6) is 0 Å². The minimum absolute atomic E-state index is 0.558. The molecule has 2 heterocycles. The fourth-order valence-electron chi connectivity index (χ4n) is 2.80. The molecule has 0 radical (unpaired) electrons. The number of carboxylic acid groups (broad SMARTS) is 2. The molecular formula is C16H17ClN2O4. The summed E-state index contributed by atoms with van der Waals surface area (Å²) in [6, 6.07) is 3.94. The van der Waals surface area contributed by atoms with Crippen molar-refractivity contribution in [3.8, 4) is 0 Å². The summed E-state index contributed by atoms with van der Waals surface area (Å²) in [6.45, 7) is 2.27. The van der Waals surface area contributed by atoms with E-state index in [1.807, 2.05) is 12.3 Å². The van der Waals surface area contributed by atoms with Gasteiger partial charge in [-0.1, -0.05) is 23.7 Å². The third kappa shape index (κ3) is 4.91. The number of aromatic nitrogens is 1. The van der Waals surface area contributed by atoms with Gasteiger partial charge in [-0.2, -0.15) is 0 Å². The van der Waals surface area contributed by atoms with Crippen molar-refractivity contribution in [1.29, 1.82) is 0 Å². The van der Waals surface area contributed by atoms with Crippen molar-refractivity contribution >= 4 is 29.1 Å². The van der Waals surface area contributed by atoms with E-state index >= 15 is 0 Å². The maximum absolute atomic E-state index is 9.55. The number of allylic oxidation sites excluding steroid dienone is 1. The summed E-state index contributed by atoms with van der Waals surface area (Å²) in [5, 5.41) is 19.6. The molecule has 3 N–H and O–H groups in total. The molecule has 122 valence electrons. The number of pyridine rings is 1. The van der Waals surface area contributed by atoms with E-state index in [2.05, 4.69) is 22.4 Å². The first-order valence-corrected chi connectivity index (χ1v) is 7.52. The molecule has 23 heavy (non-hydrogen) atoms. The predicted molar refractivity (Wildman–Crippen MR) is 86.1 cm³/mol. The van der Waals surface area contributed by atoms with Crippen LogP contribution in [0.15, 0.2) is 36.6 Å². The average Bonchev–Trinajstić information content (AvgIpc) is 3.10. The molecule has 0 spiro atoms. The summed E-state index contributed by atoms with van der Waals surface area (Å²) < 4.78 is 0. The normalized spacial score (nSPS) is 22.2. The Labute approximate surface area is 138 Å². The fourth-order valence-corrected chi connectivity index (χ4v) is 2.91. The Morgan fingerprint density at radius 2 is 1.91 bits per heavy atom. The SMILES string of the molecule is Clc1ccc(C2=CC[C@H]3CNC[C@@H]23)cn1.O=C(O)/C=C/C(=O)O. The molecular weight excluding hydrogens is 320 g/mol. The highest BCUT2D eigenvalue weighted by molar-refractivity contribution is 6.29. The van der Waals surface area contributed by atoms with Gasteiger partial charge in [0.05, 0.1) is 0 Å². The van der Waals surface area contributed by atoms with Gasteiger partial charge in [-0.15, -0.1) is 0 Å². The van der Waals surface area contributed by atoms with Crippen LogP contribution in [0.1, 0.15) is 12.0 Å². The highest BCUT2D eigenvalue weighted by atomic mass is 35.5. The zero-order valence-electron chi connectivity index (χ0n) is 12.3. The molecule has 0 unspecified atom stereocenters. The average molecular weight is 337 g/mol. The molecule has 6 nitrogen and oxygen atoms in total. The number of hydrogen-bond donors (Lipinski definition) is 3. The lowest BCUT2D eigenvalue weighted by Crippen LogP contribution is -2.09. The topological polar surface area (TPSA) is 99.5 Å². The lowest BCUT2D eigenvalue weighted by atomic mass is 9.91. The van der Waals surface area contributed by atoms with Crippen molar-refractivity contribution in [1.82, 2.24) is 10.3 Å². The highest BCUT2D eigenvalue weighted by Gasteiger charge is 2.33. The first kappa shape index (κ1) is 17.2. The lowest BCUT2D eigenvalue weighted by Gasteiger charge is -2.12. The van der Waals surface area contributed by atoms with E-state index in [-0.39, 0.29) is 0 Å². The molecule has 2 aliphatic rings. The number of nitrogens with zero attached hydrogens (tertiary/aromatic N) is 1.